The highest BCUT2D eigenvalue weighted by Crippen LogP contribution is 2.38. The normalized spacial score (nSPS) is 12.0. The van der Waals surface area contributed by atoms with Crippen molar-refractivity contribution in [2.24, 2.45) is 0 Å². The Morgan fingerprint density at radius 3 is 0.896 bits per heavy atom. The van der Waals surface area contributed by atoms with E-state index in [-0.39, 0.29) is 0 Å². The van der Waals surface area contributed by atoms with Gasteiger partial charge in [-0.25, -0.2) is 9.97 Å². The first-order valence-electron chi connectivity index (χ1n) is 16.2. The standard InChI is InChI=1S/C44H30N4/c1-5-13-29(14-6-1)41-33-21-23-35(45-33)42(30-15-7-2-8-16-30)37-25-27-39(47-37)44(32-19-11-4-12-20-32)40-28-26-38(48-40)43(31-17-9-3-10-18-31)36-24-22-34(41)46-36/h1-28,45-46H/i42+1,43+1. The van der Waals surface area contributed by atoms with Crippen LogP contribution in [0.1, 0.15) is 22.8 Å². The van der Waals surface area contributed by atoms with Gasteiger partial charge >= 0.3 is 0 Å². The van der Waals surface area contributed by atoms with Gasteiger partial charge in [-0.2, -0.15) is 0 Å². The number of hydrogen-bond acceptors (Lipinski definition) is 2. The van der Waals surface area contributed by atoms with E-state index in [1.165, 1.54) is 0 Å². The third kappa shape index (κ3) is 4.88. The number of aromatic amines is 2. The van der Waals surface area contributed by atoms with Crippen LogP contribution in [0, 0.1) is 0 Å². The van der Waals surface area contributed by atoms with Crippen molar-refractivity contribution >= 4 is 46.4 Å². The minimum atomic E-state index is 0.883. The molecule has 48 heavy (non-hydrogen) atoms. The van der Waals surface area contributed by atoms with E-state index >= 15 is 0 Å². The number of benzene rings is 4. The summed E-state index contributed by atoms with van der Waals surface area (Å²) < 4.78 is 0. The van der Waals surface area contributed by atoms with Crippen LogP contribution in [0.2, 0.25) is 0 Å². The Morgan fingerprint density at radius 2 is 0.542 bits per heavy atom. The predicted molar refractivity (Wildman–Crippen MR) is 201 cm³/mol. The van der Waals surface area contributed by atoms with Gasteiger partial charge in [-0.05, 0) is 70.8 Å². The number of hydrogen-bond donors (Lipinski definition) is 2. The maximum atomic E-state index is 5.33. The summed E-state index contributed by atoms with van der Waals surface area (Å²) in [6.45, 7) is 0. The van der Waals surface area contributed by atoms with E-state index in [0.717, 1.165) is 89.4 Å². The van der Waals surface area contributed by atoms with Crippen LogP contribution in [0.15, 0.2) is 146 Å². The number of fused-ring (bicyclic) bond motifs is 8. The molecule has 0 unspecified atom stereocenters. The molecule has 9 rings (SSSR count). The smallest absolute Gasteiger partial charge is 0.0738 e. The van der Waals surface area contributed by atoms with Crippen molar-refractivity contribution in [3.05, 3.63) is 168 Å². The average Bonchev–Trinajstić information content (AvgIpc) is 3.98. The van der Waals surface area contributed by atoms with Gasteiger partial charge in [0.1, 0.15) is 0 Å². The molecule has 2 aliphatic heterocycles. The molecule has 226 valence electrons. The van der Waals surface area contributed by atoms with E-state index < -0.39 is 0 Å². The summed E-state index contributed by atoms with van der Waals surface area (Å²) in [7, 11) is 0. The van der Waals surface area contributed by atoms with Gasteiger partial charge < -0.3 is 9.97 Å². The van der Waals surface area contributed by atoms with Crippen LogP contribution < -0.4 is 0 Å². The fraction of sp³-hybridized carbons (Fsp3) is 0. The third-order valence-electron chi connectivity index (χ3n) is 9.00. The van der Waals surface area contributed by atoms with Crippen LogP contribution in [0.5, 0.6) is 0 Å². The first-order chi connectivity index (χ1) is 23.8. The summed E-state index contributed by atoms with van der Waals surface area (Å²) >= 11 is 0. The summed E-state index contributed by atoms with van der Waals surface area (Å²) in [6.07, 6.45) is 8.50. The lowest BCUT2D eigenvalue weighted by atomic mass is 10.0. The molecule has 4 heteroatoms. The predicted octanol–water partition coefficient (Wildman–Crippen LogP) is 11.3. The Kier molecular flexibility index (Phi) is 6.76. The summed E-state index contributed by atoms with van der Waals surface area (Å²) in [5, 5.41) is 0. The Bertz CT molecular complexity index is 2380. The minimum absolute atomic E-state index is 0.883. The van der Waals surface area contributed by atoms with Crippen LogP contribution in [0.25, 0.3) is 90.9 Å². The number of rotatable bonds is 4. The molecule has 4 nitrogen and oxygen atoms in total. The SMILES string of the molecule is C1=Cc2nc1c(-c1ccccc1)c1nc([13c](-c3ccccc3)c3ccc([nH]3)c(-c3ccccc3)c3ccc([nH]3)[13c]2-c2ccccc2)C=C1. The van der Waals surface area contributed by atoms with E-state index in [4.69, 9.17) is 9.97 Å². The lowest BCUT2D eigenvalue weighted by Gasteiger charge is -2.07. The van der Waals surface area contributed by atoms with Crippen LogP contribution in [0.4, 0.5) is 0 Å². The molecule has 0 saturated heterocycles. The van der Waals surface area contributed by atoms with Gasteiger partial charge in [0, 0.05) is 44.3 Å². The van der Waals surface area contributed by atoms with Gasteiger partial charge in [0.2, 0.25) is 0 Å². The van der Waals surface area contributed by atoms with E-state index in [0.29, 0.717) is 0 Å². The monoisotopic (exact) mass is 616 g/mol. The van der Waals surface area contributed by atoms with Gasteiger partial charge in [-0.1, -0.05) is 121 Å². The summed E-state index contributed by atoms with van der Waals surface area (Å²) in [5.74, 6) is 0. The zero-order valence-corrected chi connectivity index (χ0v) is 26.1. The molecule has 0 atom stereocenters. The second kappa shape index (κ2) is 11.7. The molecule has 0 amide bonds. The zero-order valence-electron chi connectivity index (χ0n) is 26.1. The quantitative estimate of drug-likeness (QED) is 0.207. The van der Waals surface area contributed by atoms with E-state index in [9.17, 15) is 0 Å². The van der Waals surface area contributed by atoms with Crippen LogP contribution in [-0.2, 0) is 0 Å². The van der Waals surface area contributed by atoms with Gasteiger partial charge in [-0.3, -0.25) is 0 Å². The molecule has 0 fully saturated rings. The molecule has 0 saturated carbocycles. The van der Waals surface area contributed by atoms with Crippen molar-refractivity contribution in [2.45, 2.75) is 0 Å². The highest BCUT2D eigenvalue weighted by Gasteiger charge is 2.19. The Hall–Kier alpha value is -6.52. The number of nitrogens with zero attached hydrogens (tertiary/aromatic N) is 2. The first-order valence-corrected chi connectivity index (χ1v) is 16.2. The fourth-order valence-electron chi connectivity index (χ4n) is 6.84. The summed E-state index contributed by atoms with van der Waals surface area (Å²) in [6, 6.07) is 50.7. The molecule has 0 aliphatic carbocycles. The maximum Gasteiger partial charge on any atom is 0.0738 e. The average molecular weight is 617 g/mol. The molecule has 2 aliphatic rings. The van der Waals surface area contributed by atoms with E-state index in [1.807, 2.05) is 18.2 Å². The molecule has 8 bridgehead atoms. The van der Waals surface area contributed by atoms with Crippen LogP contribution in [0.3, 0.4) is 0 Å². The Labute approximate surface area is 278 Å². The van der Waals surface area contributed by atoms with Gasteiger partial charge in [0.05, 0.1) is 22.8 Å². The van der Waals surface area contributed by atoms with Crippen molar-refractivity contribution < 1.29 is 0 Å². The van der Waals surface area contributed by atoms with E-state index in [1.54, 1.807) is 0 Å². The highest BCUT2D eigenvalue weighted by atomic mass is 14.8. The third-order valence-corrected chi connectivity index (χ3v) is 9.00. The molecule has 3 aromatic heterocycles. The van der Waals surface area contributed by atoms with Crippen molar-refractivity contribution in [1.82, 2.24) is 19.9 Å². The van der Waals surface area contributed by atoms with Crippen LogP contribution >= 0.6 is 0 Å². The van der Waals surface area contributed by atoms with Gasteiger partial charge in [0.15, 0.2) is 0 Å². The Balaban J connectivity index is 1.49. The lowest BCUT2D eigenvalue weighted by Crippen LogP contribution is -1.91. The van der Waals surface area contributed by atoms with Crippen LogP contribution in [-0.4, -0.2) is 19.9 Å². The summed E-state index contributed by atoms with van der Waals surface area (Å²) in [4.78, 5) is 18.3. The molecule has 2 N–H and O–H groups in total. The molecule has 0 spiro atoms. The summed E-state index contributed by atoms with van der Waals surface area (Å²) in [5.41, 5.74) is 16.2. The molecule has 0 radical (unpaired) electrons. The maximum absolute atomic E-state index is 5.33. The topological polar surface area (TPSA) is 57.4 Å². The molecular weight excluding hydrogens is 586 g/mol. The first kappa shape index (κ1) is 27.8. The number of nitrogens with one attached hydrogen (secondary N) is 2. The molecule has 7 aromatic rings. The fourth-order valence-corrected chi connectivity index (χ4v) is 6.84. The second-order valence-electron chi connectivity index (χ2n) is 12.0. The molecule has 4 aromatic carbocycles. The van der Waals surface area contributed by atoms with Gasteiger partial charge in [-0.15, -0.1) is 0 Å². The second-order valence-corrected chi connectivity index (χ2v) is 12.0. The van der Waals surface area contributed by atoms with Crippen molar-refractivity contribution in [2.75, 3.05) is 0 Å². The lowest BCUT2D eigenvalue weighted by molar-refractivity contribution is 1.28. The number of aromatic nitrogens is 4. The molecule has 5 heterocycles. The number of H-pyrrole nitrogens is 2. The zero-order chi connectivity index (χ0) is 31.9. The van der Waals surface area contributed by atoms with Crippen molar-refractivity contribution in [3.8, 4) is 44.5 Å². The largest absolute Gasteiger partial charge is 0.354 e. The minimum Gasteiger partial charge on any atom is -0.354 e. The van der Waals surface area contributed by atoms with Crippen molar-refractivity contribution in [3.63, 3.8) is 0 Å². The highest BCUT2D eigenvalue weighted by molar-refractivity contribution is 6.00. The van der Waals surface area contributed by atoms with Gasteiger partial charge in [0.25, 0.3) is 0 Å². The van der Waals surface area contributed by atoms with E-state index in [2.05, 4.69) is 162 Å². The van der Waals surface area contributed by atoms with Crippen molar-refractivity contribution in [1.29, 1.82) is 0 Å². The molecular formula is C44H30N4. The Morgan fingerprint density at radius 1 is 0.271 bits per heavy atom.